The van der Waals surface area contributed by atoms with Crippen molar-refractivity contribution in [3.8, 4) is 34.3 Å². The van der Waals surface area contributed by atoms with E-state index in [1.165, 1.54) is 27.2 Å². The van der Waals surface area contributed by atoms with Gasteiger partial charge in [0.2, 0.25) is 28.9 Å². The average Bonchev–Trinajstić information content (AvgIpc) is 3.22. The van der Waals surface area contributed by atoms with Crippen molar-refractivity contribution in [2.75, 3.05) is 39.1 Å². The van der Waals surface area contributed by atoms with Gasteiger partial charge in [-0.3, -0.25) is 14.4 Å². The topological polar surface area (TPSA) is 137 Å². The lowest BCUT2D eigenvalue weighted by atomic mass is 9.95. The number of amides is 2. The van der Waals surface area contributed by atoms with Crippen LogP contribution < -0.4 is 40.3 Å². The maximum Gasteiger partial charge on any atom is 0.247 e. The summed E-state index contributed by atoms with van der Waals surface area (Å²) in [6.45, 7) is 5.21. The number of carbonyl (C=O) groups excluding carboxylic acids is 2. The number of aromatic nitrogens is 1. The lowest BCUT2D eigenvalue weighted by molar-refractivity contribution is -0.120. The van der Waals surface area contributed by atoms with Crippen molar-refractivity contribution >= 4 is 23.2 Å². The number of carbonyl (C=O) groups is 2. The largest absolute Gasteiger partial charge is 0.493 e. The predicted octanol–water partition coefficient (Wildman–Crippen LogP) is 4.34. The van der Waals surface area contributed by atoms with E-state index in [1.54, 1.807) is 38.6 Å². The Morgan fingerprint density at radius 2 is 1.70 bits per heavy atom. The molecule has 1 aromatic heterocycles. The third-order valence-corrected chi connectivity index (χ3v) is 7.40. The molecule has 0 aliphatic heterocycles. The van der Waals surface area contributed by atoms with Crippen LogP contribution in [-0.4, -0.2) is 51.3 Å². The zero-order valence-corrected chi connectivity index (χ0v) is 25.5. The number of ether oxygens (including phenoxy) is 4. The molecular formula is C32H38N4O7. The molecule has 11 nitrogen and oxygen atoms in total. The minimum Gasteiger partial charge on any atom is -0.493 e. The zero-order valence-electron chi connectivity index (χ0n) is 25.5. The number of nitrogens with zero attached hydrogens (tertiary/aromatic N) is 1. The van der Waals surface area contributed by atoms with Gasteiger partial charge in [0.15, 0.2) is 11.5 Å². The van der Waals surface area contributed by atoms with Gasteiger partial charge in [-0.15, -0.1) is 0 Å². The van der Waals surface area contributed by atoms with Crippen LogP contribution in [0, 0.1) is 5.92 Å². The molecule has 3 aromatic rings. The Morgan fingerprint density at radius 1 is 0.953 bits per heavy atom. The molecule has 0 saturated heterocycles. The normalized spacial score (nSPS) is 14.4. The molecule has 1 aliphatic carbocycles. The lowest BCUT2D eigenvalue weighted by Crippen LogP contribution is -2.40. The summed E-state index contributed by atoms with van der Waals surface area (Å²) in [5.41, 5.74) is 3.29. The maximum atomic E-state index is 13.8. The number of hydrogen-bond acceptors (Lipinski definition) is 9. The summed E-state index contributed by atoms with van der Waals surface area (Å²) in [6, 6.07) is 9.05. The number of fused-ring (bicyclic) bond motifs is 3. The molecule has 43 heavy (non-hydrogen) atoms. The molecule has 1 aliphatic rings. The van der Waals surface area contributed by atoms with Gasteiger partial charge in [-0.1, -0.05) is 19.9 Å². The highest BCUT2D eigenvalue weighted by Gasteiger charge is 2.30. The highest BCUT2D eigenvalue weighted by atomic mass is 16.5. The molecule has 4 rings (SSSR count). The molecule has 2 amide bonds. The summed E-state index contributed by atoms with van der Waals surface area (Å²) in [7, 11) is 6.11. The number of anilines is 2. The van der Waals surface area contributed by atoms with Gasteiger partial charge in [-0.25, -0.2) is 4.98 Å². The lowest BCUT2D eigenvalue weighted by Gasteiger charge is -2.22. The second-order valence-corrected chi connectivity index (χ2v) is 10.5. The first-order valence-corrected chi connectivity index (χ1v) is 14.0. The van der Waals surface area contributed by atoms with Crippen molar-refractivity contribution in [2.24, 2.45) is 5.92 Å². The Labute approximate surface area is 250 Å². The second kappa shape index (κ2) is 13.5. The van der Waals surface area contributed by atoms with Gasteiger partial charge in [0.05, 0.1) is 40.2 Å². The van der Waals surface area contributed by atoms with Gasteiger partial charge < -0.3 is 34.9 Å². The molecule has 228 valence electrons. The van der Waals surface area contributed by atoms with Gasteiger partial charge in [0, 0.05) is 18.7 Å². The smallest absolute Gasteiger partial charge is 0.247 e. The molecule has 0 radical (unpaired) electrons. The highest BCUT2D eigenvalue weighted by molar-refractivity contribution is 5.97. The van der Waals surface area contributed by atoms with Gasteiger partial charge in [-0.05, 0) is 65.8 Å². The van der Waals surface area contributed by atoms with Gasteiger partial charge in [0.1, 0.15) is 11.7 Å². The van der Waals surface area contributed by atoms with Crippen LogP contribution in [0.4, 0.5) is 11.4 Å². The first-order valence-electron chi connectivity index (χ1n) is 14.0. The Balaban J connectivity index is 1.85. The summed E-state index contributed by atoms with van der Waals surface area (Å²) < 4.78 is 22.4. The van der Waals surface area contributed by atoms with Crippen LogP contribution in [0.25, 0.3) is 11.1 Å². The van der Waals surface area contributed by atoms with Crippen molar-refractivity contribution < 1.29 is 28.5 Å². The molecule has 1 heterocycles. The summed E-state index contributed by atoms with van der Waals surface area (Å²) in [6.07, 6.45) is 2.69. The SMILES string of the molecule is COc1cc2c(c(OC)c1OC)-c1ccc(N[C@H](C(=O)Nc3cccnc3OC)C(C)C)c(=O)cc1[C@@H](NC(C)=O)CC2. The number of rotatable bonds is 10. The number of nitrogens with one attached hydrogen (secondary N) is 3. The summed E-state index contributed by atoms with van der Waals surface area (Å²) in [4.78, 5) is 43.5. The maximum absolute atomic E-state index is 13.8. The molecule has 3 N–H and O–H groups in total. The van der Waals surface area contributed by atoms with E-state index in [0.717, 1.165) is 11.1 Å². The Morgan fingerprint density at radius 3 is 2.33 bits per heavy atom. The molecule has 0 bridgehead atoms. The Kier molecular flexibility index (Phi) is 9.74. The number of hydrogen-bond donors (Lipinski definition) is 3. The van der Waals surface area contributed by atoms with Crippen molar-refractivity contribution in [1.82, 2.24) is 10.3 Å². The van der Waals surface area contributed by atoms with Crippen LogP contribution in [0.5, 0.6) is 23.1 Å². The number of methoxy groups -OCH3 is 4. The standard InChI is InChI=1S/C32H38N4O7/c1-17(2)28(31(39)36-24-9-8-14-33-32(24)43-7)35-23-13-11-20-21(16-25(23)38)22(34-18(3)37)12-10-19-15-26(40-4)29(41-5)30(42-6)27(19)20/h8-9,11,13-17,22,28H,10,12H2,1-7H3,(H,34,37)(H,35,38)(H,36,39)/t22-,28-/m0/s1. The summed E-state index contributed by atoms with van der Waals surface area (Å²) in [5.74, 6) is 0.914. The van der Waals surface area contributed by atoms with Gasteiger partial charge >= 0.3 is 0 Å². The van der Waals surface area contributed by atoms with Gasteiger partial charge in [-0.2, -0.15) is 0 Å². The van der Waals surface area contributed by atoms with E-state index < -0.39 is 12.1 Å². The minimum absolute atomic E-state index is 0.185. The molecule has 2 atom stereocenters. The fourth-order valence-corrected chi connectivity index (χ4v) is 5.39. The Bertz CT molecular complexity index is 1570. The second-order valence-electron chi connectivity index (χ2n) is 10.5. The first kappa shape index (κ1) is 31.1. The molecule has 0 fully saturated rings. The van der Waals surface area contributed by atoms with E-state index in [4.69, 9.17) is 18.9 Å². The van der Waals surface area contributed by atoms with Crippen LogP contribution in [0.3, 0.4) is 0 Å². The van der Waals surface area contributed by atoms with E-state index in [2.05, 4.69) is 20.9 Å². The summed E-state index contributed by atoms with van der Waals surface area (Å²) >= 11 is 0. The fourth-order valence-electron chi connectivity index (χ4n) is 5.39. The van der Waals surface area contributed by atoms with Crippen LogP contribution >= 0.6 is 0 Å². The van der Waals surface area contributed by atoms with E-state index in [1.807, 2.05) is 26.0 Å². The predicted molar refractivity (Wildman–Crippen MR) is 164 cm³/mol. The fraction of sp³-hybridized carbons (Fsp3) is 0.375. The van der Waals surface area contributed by atoms with Crippen LogP contribution in [-0.2, 0) is 16.0 Å². The number of pyridine rings is 1. The Hall–Kier alpha value is -4.80. The monoisotopic (exact) mass is 590 g/mol. The molecule has 11 heteroatoms. The first-order chi connectivity index (χ1) is 20.6. The van der Waals surface area contributed by atoms with E-state index >= 15 is 0 Å². The van der Waals surface area contributed by atoms with Crippen molar-refractivity contribution in [1.29, 1.82) is 0 Å². The van der Waals surface area contributed by atoms with E-state index in [-0.39, 0.29) is 34.7 Å². The van der Waals surface area contributed by atoms with E-state index in [9.17, 15) is 14.4 Å². The summed E-state index contributed by atoms with van der Waals surface area (Å²) in [5, 5.41) is 9.02. The quantitative estimate of drug-likeness (QED) is 0.315. The highest BCUT2D eigenvalue weighted by Crippen LogP contribution is 2.50. The van der Waals surface area contributed by atoms with Gasteiger partial charge in [0.25, 0.3) is 0 Å². The third kappa shape index (κ3) is 6.50. The van der Waals surface area contributed by atoms with Crippen molar-refractivity contribution in [2.45, 2.75) is 45.7 Å². The molecule has 0 unspecified atom stereocenters. The molecular weight excluding hydrogens is 552 g/mol. The minimum atomic E-state index is -0.767. The molecule has 2 aromatic carbocycles. The average molecular weight is 591 g/mol. The van der Waals surface area contributed by atoms with Crippen molar-refractivity contribution in [3.05, 3.63) is 63.9 Å². The number of benzene rings is 1. The third-order valence-electron chi connectivity index (χ3n) is 7.40. The molecule has 0 saturated carbocycles. The molecule has 0 spiro atoms. The zero-order chi connectivity index (χ0) is 31.3. The van der Waals surface area contributed by atoms with E-state index in [0.29, 0.717) is 46.9 Å². The van der Waals surface area contributed by atoms with Crippen LogP contribution in [0.15, 0.2) is 47.4 Å². The van der Waals surface area contributed by atoms with Crippen LogP contribution in [0.2, 0.25) is 0 Å². The van der Waals surface area contributed by atoms with Crippen LogP contribution in [0.1, 0.15) is 44.4 Å². The van der Waals surface area contributed by atoms with Crippen molar-refractivity contribution in [3.63, 3.8) is 0 Å². The number of aryl methyl sites for hydroxylation is 1.